The van der Waals surface area contributed by atoms with Gasteiger partial charge in [0, 0.05) is 34.0 Å². The second-order valence-corrected chi connectivity index (χ2v) is 13.2. The Bertz CT molecular complexity index is 2960. The van der Waals surface area contributed by atoms with E-state index in [2.05, 4.69) is 167 Å². The first-order valence-corrected chi connectivity index (χ1v) is 17.0. The van der Waals surface area contributed by atoms with Crippen LogP contribution < -0.4 is 5.22 Å². The van der Waals surface area contributed by atoms with E-state index in [0.717, 1.165) is 33.7 Å². The predicted molar refractivity (Wildman–Crippen MR) is 204 cm³/mol. The highest BCUT2D eigenvalue weighted by atomic mass is 15.1. The number of para-hydroxylation sites is 1. The lowest BCUT2D eigenvalue weighted by Gasteiger charge is -2.36. The second-order valence-electron chi connectivity index (χ2n) is 13.2. The molecule has 0 atom stereocenters. The van der Waals surface area contributed by atoms with Crippen molar-refractivity contribution in [2.75, 3.05) is 0 Å². The number of hydrogen-bond acceptors (Lipinski definition) is 1. The van der Waals surface area contributed by atoms with Crippen LogP contribution in [0.5, 0.6) is 0 Å². The lowest BCUT2D eigenvalue weighted by Crippen LogP contribution is -2.30. The highest BCUT2D eigenvalue weighted by Gasteiger charge is 2.47. The van der Waals surface area contributed by atoms with Crippen LogP contribution in [0.15, 0.2) is 157 Å². The molecule has 0 spiro atoms. The van der Waals surface area contributed by atoms with E-state index < -0.39 is 5.41 Å². The maximum absolute atomic E-state index is 5.13. The SMILES string of the molecule is C1=C=Cc2c(nc(-c3ccc(C4(c5cc6cccc7ccc8c(c5C=C=C=8)c76)c5ccccc5-c5ccccc54)cc3)n2-c2ccccc2)C=1. The number of nitrogens with zero attached hydrogens (tertiary/aromatic N) is 2. The monoisotopic (exact) mass is 630 g/mol. The van der Waals surface area contributed by atoms with Gasteiger partial charge >= 0.3 is 0 Å². The van der Waals surface area contributed by atoms with Gasteiger partial charge < -0.3 is 0 Å². The zero-order valence-electron chi connectivity index (χ0n) is 26.9. The van der Waals surface area contributed by atoms with Gasteiger partial charge in [0.1, 0.15) is 5.82 Å². The number of imidazole rings is 1. The summed E-state index contributed by atoms with van der Waals surface area (Å²) >= 11 is 0. The largest absolute Gasteiger partial charge is 0.292 e. The summed E-state index contributed by atoms with van der Waals surface area (Å²) in [6, 6.07) is 50.9. The molecule has 7 aromatic carbocycles. The zero-order valence-corrected chi connectivity index (χ0v) is 26.9. The summed E-state index contributed by atoms with van der Waals surface area (Å²) in [6.45, 7) is 0. The maximum atomic E-state index is 5.13. The van der Waals surface area contributed by atoms with Crippen molar-refractivity contribution in [1.29, 1.82) is 0 Å². The van der Waals surface area contributed by atoms with Gasteiger partial charge in [-0.3, -0.25) is 4.57 Å². The van der Waals surface area contributed by atoms with Crippen LogP contribution >= 0.6 is 0 Å². The van der Waals surface area contributed by atoms with E-state index in [1.54, 1.807) is 0 Å². The van der Waals surface area contributed by atoms with Gasteiger partial charge in [0.25, 0.3) is 0 Å². The van der Waals surface area contributed by atoms with E-state index in [9.17, 15) is 0 Å². The van der Waals surface area contributed by atoms with Gasteiger partial charge in [0.15, 0.2) is 0 Å². The quantitative estimate of drug-likeness (QED) is 0.177. The first kappa shape index (κ1) is 27.1. The Morgan fingerprint density at radius 3 is 2.06 bits per heavy atom. The topological polar surface area (TPSA) is 17.8 Å². The standard InChI is InChI=1S/C48H26N2/c1-2-15-36(16-3-1)50-44-23-9-8-22-43(44)49-47(50)33-26-28-35(29-27-33)48(40-20-6-4-17-37(40)38-18-5-7-21-41(38)48)42-30-34-14-10-12-31-24-25-32-13-11-19-39(42)46(32)45(31)34/h1-7,10,12,14-30H. The van der Waals surface area contributed by atoms with Crippen molar-refractivity contribution in [1.82, 2.24) is 9.55 Å². The molecule has 3 aliphatic carbocycles. The van der Waals surface area contributed by atoms with Crippen molar-refractivity contribution in [3.63, 3.8) is 0 Å². The normalized spacial score (nSPS) is 13.8. The summed E-state index contributed by atoms with van der Waals surface area (Å²) in [5, 5.41) is 6.10. The minimum Gasteiger partial charge on any atom is -0.292 e. The molecule has 1 aromatic heterocycles. The van der Waals surface area contributed by atoms with Crippen molar-refractivity contribution in [3.05, 3.63) is 201 Å². The zero-order chi connectivity index (χ0) is 32.8. The molecule has 11 rings (SSSR count). The summed E-state index contributed by atoms with van der Waals surface area (Å²) in [5.74, 6) is 0.888. The van der Waals surface area contributed by atoms with Gasteiger partial charge in [-0.15, -0.1) is 0 Å². The fourth-order valence-corrected chi connectivity index (χ4v) is 8.73. The third-order valence-electron chi connectivity index (χ3n) is 10.7. The Kier molecular flexibility index (Phi) is 5.46. The average molecular weight is 631 g/mol. The molecule has 1 heterocycles. The molecule has 0 unspecified atom stereocenters. The summed E-state index contributed by atoms with van der Waals surface area (Å²) in [5.41, 5.74) is 25.3. The molecular formula is C48H26N2. The summed E-state index contributed by atoms with van der Waals surface area (Å²) in [4.78, 5) is 5.13. The average Bonchev–Trinajstić information content (AvgIpc) is 3.72. The molecule has 0 aliphatic heterocycles. The van der Waals surface area contributed by atoms with Crippen LogP contribution in [0.3, 0.4) is 0 Å². The molecule has 3 aliphatic rings. The Morgan fingerprint density at radius 2 is 1.26 bits per heavy atom. The van der Waals surface area contributed by atoms with E-state index in [0.29, 0.717) is 0 Å². The van der Waals surface area contributed by atoms with Gasteiger partial charge in [-0.1, -0.05) is 138 Å². The summed E-state index contributed by atoms with van der Waals surface area (Å²) < 4.78 is 2.22. The van der Waals surface area contributed by atoms with E-state index >= 15 is 0 Å². The molecule has 50 heavy (non-hydrogen) atoms. The van der Waals surface area contributed by atoms with Crippen LogP contribution in [0.4, 0.5) is 0 Å². The lowest BCUT2D eigenvalue weighted by atomic mass is 9.65. The maximum Gasteiger partial charge on any atom is 0.145 e. The first-order chi connectivity index (χ1) is 24.8. The third kappa shape index (κ3) is 3.52. The number of benzene rings is 7. The molecule has 0 fully saturated rings. The Hall–Kier alpha value is -6.87. The molecule has 2 nitrogen and oxygen atoms in total. The van der Waals surface area contributed by atoms with Gasteiger partial charge in [-0.25, -0.2) is 4.98 Å². The molecular weight excluding hydrogens is 605 g/mol. The third-order valence-corrected chi connectivity index (χ3v) is 10.7. The molecule has 0 amide bonds. The van der Waals surface area contributed by atoms with Gasteiger partial charge in [0.05, 0.1) is 16.8 Å². The van der Waals surface area contributed by atoms with E-state index in [1.807, 2.05) is 18.2 Å². The number of fused-ring (bicyclic) bond motifs is 4. The van der Waals surface area contributed by atoms with Crippen molar-refractivity contribution >= 4 is 45.5 Å². The molecule has 0 radical (unpaired) electrons. The highest BCUT2D eigenvalue weighted by Crippen LogP contribution is 2.58. The van der Waals surface area contributed by atoms with E-state index in [1.165, 1.54) is 60.5 Å². The Balaban J connectivity index is 1.22. The van der Waals surface area contributed by atoms with E-state index in [4.69, 9.17) is 4.98 Å². The van der Waals surface area contributed by atoms with Crippen LogP contribution in [0, 0.1) is 0 Å². The predicted octanol–water partition coefficient (Wildman–Crippen LogP) is 10.3. The molecule has 0 saturated heterocycles. The fourth-order valence-electron chi connectivity index (χ4n) is 8.73. The van der Waals surface area contributed by atoms with Crippen LogP contribution in [0.2, 0.25) is 0 Å². The Morgan fingerprint density at radius 1 is 0.540 bits per heavy atom. The lowest BCUT2D eigenvalue weighted by molar-refractivity contribution is 0.769. The second kappa shape index (κ2) is 10.1. The molecule has 228 valence electrons. The van der Waals surface area contributed by atoms with Crippen LogP contribution in [-0.2, 0) is 5.41 Å². The van der Waals surface area contributed by atoms with Gasteiger partial charge in [0.2, 0.25) is 0 Å². The fraction of sp³-hybridized carbons (Fsp3) is 0.0208. The van der Waals surface area contributed by atoms with Crippen molar-refractivity contribution in [2.45, 2.75) is 5.41 Å². The first-order valence-electron chi connectivity index (χ1n) is 17.0. The van der Waals surface area contributed by atoms with Gasteiger partial charge in [-0.2, -0.15) is 0 Å². The molecule has 0 saturated carbocycles. The molecule has 0 N–H and O–H groups in total. The number of rotatable bonds is 4. The molecule has 0 bridgehead atoms. The summed E-state index contributed by atoms with van der Waals surface area (Å²) in [6.07, 6.45) is 6.04. The van der Waals surface area contributed by atoms with E-state index in [-0.39, 0.29) is 0 Å². The molecule has 2 heteroatoms. The summed E-state index contributed by atoms with van der Waals surface area (Å²) in [7, 11) is 0. The van der Waals surface area contributed by atoms with Gasteiger partial charge in [-0.05, 0) is 85.4 Å². The van der Waals surface area contributed by atoms with Crippen molar-refractivity contribution in [2.24, 2.45) is 0 Å². The van der Waals surface area contributed by atoms with Crippen molar-refractivity contribution in [3.8, 4) is 28.2 Å². The minimum absolute atomic E-state index is 0.576. The number of aromatic nitrogens is 2. The van der Waals surface area contributed by atoms with Crippen LogP contribution in [0.1, 0.15) is 39.2 Å². The number of hydrogen-bond donors (Lipinski definition) is 0. The molecule has 8 aromatic rings. The van der Waals surface area contributed by atoms with Crippen molar-refractivity contribution < 1.29 is 0 Å². The smallest absolute Gasteiger partial charge is 0.145 e. The Labute approximate surface area is 288 Å². The van der Waals surface area contributed by atoms with Crippen LogP contribution in [-0.4, -0.2) is 9.55 Å². The highest BCUT2D eigenvalue weighted by molar-refractivity contribution is 6.14. The minimum atomic E-state index is -0.576. The van der Waals surface area contributed by atoms with Crippen LogP contribution in [0.25, 0.3) is 73.7 Å².